The topological polar surface area (TPSA) is 103 Å². The smallest absolute Gasteiger partial charge is 0.408 e. The van der Waals surface area contributed by atoms with Crippen molar-refractivity contribution in [3.8, 4) is 11.8 Å². The van der Waals surface area contributed by atoms with Crippen LogP contribution in [0, 0.1) is 11.8 Å². The lowest BCUT2D eigenvalue weighted by Gasteiger charge is -2.04. The summed E-state index contributed by atoms with van der Waals surface area (Å²) >= 11 is 0. The molecule has 5 N–H and O–H groups in total. The molecule has 0 saturated carbocycles. The molecule has 1 aromatic heterocycles. The van der Waals surface area contributed by atoms with E-state index in [1.165, 1.54) is 6.20 Å². The van der Waals surface area contributed by atoms with E-state index in [4.69, 9.17) is 16.2 Å². The van der Waals surface area contributed by atoms with Crippen LogP contribution in [0.2, 0.25) is 0 Å². The number of hydrogen-bond acceptors (Lipinski definition) is 5. The number of benzene rings is 1. The third-order valence-electron chi connectivity index (χ3n) is 2.72. The second-order valence-electron chi connectivity index (χ2n) is 4.42. The summed E-state index contributed by atoms with van der Waals surface area (Å²) in [4.78, 5) is 15.4. The van der Waals surface area contributed by atoms with Gasteiger partial charge in [-0.15, -0.1) is 0 Å². The first kappa shape index (κ1) is 15.2. The molecule has 2 aromatic rings. The molecule has 0 aliphatic carbocycles. The highest BCUT2D eigenvalue weighted by atomic mass is 16.5. The molecule has 0 aliphatic heterocycles. The number of pyridine rings is 1. The Morgan fingerprint density at radius 1 is 1.27 bits per heavy atom. The van der Waals surface area contributed by atoms with Crippen molar-refractivity contribution < 1.29 is 9.53 Å². The number of amides is 1. The van der Waals surface area contributed by atoms with Gasteiger partial charge >= 0.3 is 6.09 Å². The highest BCUT2D eigenvalue weighted by Gasteiger charge is 2.00. The molecule has 0 unspecified atom stereocenters. The van der Waals surface area contributed by atoms with Gasteiger partial charge in [-0.1, -0.05) is 42.2 Å². The van der Waals surface area contributed by atoms with Gasteiger partial charge in [0.2, 0.25) is 0 Å². The van der Waals surface area contributed by atoms with Crippen molar-refractivity contribution in [2.45, 2.75) is 6.61 Å². The Kier molecular flexibility index (Phi) is 5.21. The summed E-state index contributed by atoms with van der Waals surface area (Å²) in [5, 5.41) is 2.54. The van der Waals surface area contributed by atoms with Crippen molar-refractivity contribution in [1.29, 1.82) is 0 Å². The van der Waals surface area contributed by atoms with Crippen molar-refractivity contribution in [1.82, 2.24) is 10.3 Å². The monoisotopic (exact) mass is 296 g/mol. The lowest BCUT2D eigenvalue weighted by molar-refractivity contribution is 0.141. The van der Waals surface area contributed by atoms with Crippen LogP contribution in [0.1, 0.15) is 11.1 Å². The lowest BCUT2D eigenvalue weighted by atomic mass is 10.2. The first-order valence-corrected chi connectivity index (χ1v) is 6.59. The lowest BCUT2D eigenvalue weighted by Crippen LogP contribution is -2.24. The minimum absolute atomic E-state index is 0.165. The van der Waals surface area contributed by atoms with Gasteiger partial charge in [0.1, 0.15) is 12.4 Å². The van der Waals surface area contributed by atoms with E-state index in [-0.39, 0.29) is 19.0 Å². The number of alkyl carbamates (subject to hydrolysis) is 1. The Morgan fingerprint density at radius 2 is 2.05 bits per heavy atom. The zero-order valence-corrected chi connectivity index (χ0v) is 11.9. The first-order chi connectivity index (χ1) is 10.6. The third kappa shape index (κ3) is 4.72. The van der Waals surface area contributed by atoms with E-state index in [1.54, 1.807) is 6.07 Å². The van der Waals surface area contributed by atoms with Crippen LogP contribution in [0.3, 0.4) is 0 Å². The summed E-state index contributed by atoms with van der Waals surface area (Å²) < 4.78 is 5.05. The van der Waals surface area contributed by atoms with Gasteiger partial charge in [-0.2, -0.15) is 0 Å². The van der Waals surface area contributed by atoms with E-state index in [0.29, 0.717) is 11.3 Å². The predicted octanol–water partition coefficient (Wildman–Crippen LogP) is 1.52. The quantitative estimate of drug-likeness (QED) is 0.745. The van der Waals surface area contributed by atoms with Crippen molar-refractivity contribution in [3.63, 3.8) is 0 Å². The number of carbonyl (C=O) groups excluding carboxylic acids is 1. The maximum absolute atomic E-state index is 11.5. The Morgan fingerprint density at radius 3 is 2.77 bits per heavy atom. The molecule has 0 fully saturated rings. The number of nitrogens with zero attached hydrogens (tertiary/aromatic N) is 1. The van der Waals surface area contributed by atoms with Crippen LogP contribution in [0.5, 0.6) is 0 Å². The Hall–Kier alpha value is -3.20. The van der Waals surface area contributed by atoms with E-state index in [1.807, 2.05) is 30.3 Å². The van der Waals surface area contributed by atoms with Gasteiger partial charge in [-0.3, -0.25) is 0 Å². The number of nitrogen functional groups attached to an aromatic ring is 2. The average Bonchev–Trinajstić information content (AvgIpc) is 2.54. The normalized spacial score (nSPS) is 9.45. The number of rotatable bonds is 3. The van der Waals surface area contributed by atoms with Gasteiger partial charge in [0.25, 0.3) is 0 Å². The summed E-state index contributed by atoms with van der Waals surface area (Å²) in [5.41, 5.74) is 13.1. The molecule has 0 saturated heterocycles. The van der Waals surface area contributed by atoms with Crippen molar-refractivity contribution in [2.24, 2.45) is 0 Å². The molecule has 0 aliphatic rings. The van der Waals surface area contributed by atoms with E-state index in [0.717, 1.165) is 5.56 Å². The maximum Gasteiger partial charge on any atom is 0.408 e. The number of aromatic nitrogens is 1. The largest absolute Gasteiger partial charge is 0.445 e. The van der Waals surface area contributed by atoms with E-state index in [2.05, 4.69) is 22.1 Å². The van der Waals surface area contributed by atoms with Crippen LogP contribution in [0.4, 0.5) is 16.3 Å². The number of carbonyl (C=O) groups is 1. The second-order valence-corrected chi connectivity index (χ2v) is 4.42. The number of nitrogens with one attached hydrogen (secondary N) is 1. The van der Waals surface area contributed by atoms with Crippen LogP contribution >= 0.6 is 0 Å². The fourth-order valence-corrected chi connectivity index (χ4v) is 1.60. The molecule has 6 heteroatoms. The van der Waals surface area contributed by atoms with E-state index < -0.39 is 6.09 Å². The SMILES string of the molecule is Nc1cc(C#CCNC(=O)OCc2ccccc2)cnc1N. The molecular formula is C16H16N4O2. The van der Waals surface area contributed by atoms with Crippen LogP contribution in [-0.2, 0) is 11.3 Å². The van der Waals surface area contributed by atoms with Gasteiger partial charge in [-0.05, 0) is 11.6 Å². The minimum atomic E-state index is -0.520. The van der Waals surface area contributed by atoms with Gasteiger partial charge in [0.05, 0.1) is 12.2 Å². The van der Waals surface area contributed by atoms with Gasteiger partial charge in [0.15, 0.2) is 0 Å². The van der Waals surface area contributed by atoms with E-state index in [9.17, 15) is 4.79 Å². The van der Waals surface area contributed by atoms with Gasteiger partial charge < -0.3 is 21.5 Å². The average molecular weight is 296 g/mol. The predicted molar refractivity (Wildman–Crippen MR) is 84.6 cm³/mol. The summed E-state index contributed by atoms with van der Waals surface area (Å²) in [6.07, 6.45) is 1.000. The van der Waals surface area contributed by atoms with E-state index >= 15 is 0 Å². The zero-order valence-electron chi connectivity index (χ0n) is 11.9. The molecule has 22 heavy (non-hydrogen) atoms. The van der Waals surface area contributed by atoms with Crippen LogP contribution < -0.4 is 16.8 Å². The van der Waals surface area contributed by atoms with Crippen LogP contribution in [-0.4, -0.2) is 17.6 Å². The summed E-state index contributed by atoms with van der Waals surface area (Å²) in [7, 11) is 0. The maximum atomic E-state index is 11.5. The summed E-state index contributed by atoms with van der Waals surface area (Å²) in [6, 6.07) is 11.1. The Balaban J connectivity index is 1.75. The fraction of sp³-hybridized carbons (Fsp3) is 0.125. The zero-order chi connectivity index (χ0) is 15.8. The third-order valence-corrected chi connectivity index (χ3v) is 2.72. The second kappa shape index (κ2) is 7.55. The molecule has 2 rings (SSSR count). The standard InChI is InChI=1S/C16H16N4O2/c17-14-9-13(10-20-15(14)18)7-4-8-19-16(21)22-11-12-5-2-1-3-6-12/h1-3,5-6,9-10H,8,11,17H2,(H2,18,20)(H,19,21). The first-order valence-electron chi connectivity index (χ1n) is 6.59. The summed E-state index contributed by atoms with van der Waals surface area (Å²) in [6.45, 7) is 0.385. The number of hydrogen-bond donors (Lipinski definition) is 3. The highest BCUT2D eigenvalue weighted by Crippen LogP contribution is 2.11. The molecule has 6 nitrogen and oxygen atoms in total. The van der Waals surface area contributed by atoms with Crippen molar-refractivity contribution >= 4 is 17.6 Å². The van der Waals surface area contributed by atoms with Gasteiger partial charge in [0, 0.05) is 11.8 Å². The molecule has 0 bridgehead atoms. The van der Waals surface area contributed by atoms with Gasteiger partial charge in [-0.25, -0.2) is 9.78 Å². The molecular weight excluding hydrogens is 280 g/mol. The van der Waals surface area contributed by atoms with Crippen LogP contribution in [0.25, 0.3) is 0 Å². The minimum Gasteiger partial charge on any atom is -0.445 e. The van der Waals surface area contributed by atoms with Crippen molar-refractivity contribution in [3.05, 3.63) is 53.7 Å². The highest BCUT2D eigenvalue weighted by molar-refractivity contribution is 5.67. The van der Waals surface area contributed by atoms with Crippen molar-refractivity contribution in [2.75, 3.05) is 18.0 Å². The number of ether oxygens (including phenoxy) is 1. The molecule has 0 spiro atoms. The number of anilines is 2. The van der Waals surface area contributed by atoms with Crippen LogP contribution in [0.15, 0.2) is 42.6 Å². The molecule has 112 valence electrons. The molecule has 1 heterocycles. The molecule has 0 atom stereocenters. The summed E-state index contributed by atoms with van der Waals surface area (Å²) in [5.74, 6) is 5.87. The molecule has 0 radical (unpaired) electrons. The molecule has 1 amide bonds. The Labute approximate surface area is 128 Å². The Bertz CT molecular complexity index is 705. The molecule has 1 aromatic carbocycles. The fourth-order valence-electron chi connectivity index (χ4n) is 1.60. The number of nitrogens with two attached hydrogens (primary N) is 2.